The Labute approximate surface area is 128 Å². The molecule has 104 valence electrons. The van der Waals surface area contributed by atoms with Crippen molar-refractivity contribution in [3.8, 4) is 0 Å². The third kappa shape index (κ3) is 4.26. The lowest BCUT2D eigenvalue weighted by atomic mass is 10.1. The van der Waals surface area contributed by atoms with Crippen molar-refractivity contribution in [3.05, 3.63) is 70.7 Å². The molecular weight excluding hydrogens is 293 g/mol. The highest BCUT2D eigenvalue weighted by atomic mass is 35.5. The molecule has 0 aromatic heterocycles. The van der Waals surface area contributed by atoms with Crippen LogP contribution in [0.25, 0.3) is 0 Å². The first kappa shape index (κ1) is 14.9. The molecule has 0 heterocycles. The molecule has 20 heavy (non-hydrogen) atoms. The quantitative estimate of drug-likeness (QED) is 0.761. The zero-order valence-corrected chi connectivity index (χ0v) is 12.4. The van der Waals surface area contributed by atoms with Crippen LogP contribution >= 0.6 is 23.2 Å². The summed E-state index contributed by atoms with van der Waals surface area (Å²) in [5.74, 6) is -0.108. The van der Waals surface area contributed by atoms with Crippen LogP contribution in [0.2, 0.25) is 5.02 Å². The maximum absolute atomic E-state index is 12.0. The molecule has 0 saturated heterocycles. The van der Waals surface area contributed by atoms with Crippen molar-refractivity contribution in [3.63, 3.8) is 0 Å². The monoisotopic (exact) mass is 307 g/mol. The molecule has 1 amide bonds. The van der Waals surface area contributed by atoms with Gasteiger partial charge in [-0.05, 0) is 23.3 Å². The van der Waals surface area contributed by atoms with E-state index >= 15 is 0 Å². The van der Waals surface area contributed by atoms with Crippen molar-refractivity contribution in [2.24, 2.45) is 0 Å². The zero-order valence-electron chi connectivity index (χ0n) is 10.9. The van der Waals surface area contributed by atoms with Crippen LogP contribution in [-0.4, -0.2) is 16.7 Å². The predicted molar refractivity (Wildman–Crippen MR) is 82.9 cm³/mol. The molecule has 0 aliphatic heterocycles. The van der Waals surface area contributed by atoms with Crippen molar-refractivity contribution in [2.75, 3.05) is 5.88 Å². The lowest BCUT2D eigenvalue weighted by molar-refractivity contribution is -0.129. The molecule has 4 heteroatoms. The Kier molecular flexibility index (Phi) is 5.45. The SMILES string of the molecule is O=C(CCl)N(Cc1ccccc1)Cc1cccc(Cl)c1. The van der Waals surface area contributed by atoms with Crippen molar-refractivity contribution < 1.29 is 4.79 Å². The van der Waals surface area contributed by atoms with E-state index in [1.54, 1.807) is 4.90 Å². The summed E-state index contributed by atoms with van der Waals surface area (Å²) in [6, 6.07) is 17.4. The van der Waals surface area contributed by atoms with E-state index in [4.69, 9.17) is 23.2 Å². The highest BCUT2D eigenvalue weighted by Crippen LogP contribution is 2.15. The Morgan fingerprint density at radius 3 is 2.25 bits per heavy atom. The van der Waals surface area contributed by atoms with Gasteiger partial charge in [0.1, 0.15) is 5.88 Å². The largest absolute Gasteiger partial charge is 0.333 e. The van der Waals surface area contributed by atoms with Crippen molar-refractivity contribution in [2.45, 2.75) is 13.1 Å². The summed E-state index contributed by atoms with van der Waals surface area (Å²) in [4.78, 5) is 13.7. The van der Waals surface area contributed by atoms with Gasteiger partial charge in [0.05, 0.1) is 0 Å². The third-order valence-corrected chi connectivity index (χ3v) is 3.41. The molecule has 2 rings (SSSR count). The number of alkyl halides is 1. The number of carbonyl (C=O) groups is 1. The number of rotatable bonds is 5. The van der Waals surface area contributed by atoms with E-state index in [2.05, 4.69) is 0 Å². The van der Waals surface area contributed by atoms with Crippen LogP contribution in [0, 0.1) is 0 Å². The van der Waals surface area contributed by atoms with E-state index in [0.29, 0.717) is 18.1 Å². The van der Waals surface area contributed by atoms with Gasteiger partial charge in [-0.3, -0.25) is 4.79 Å². The minimum absolute atomic E-state index is 0.0204. The number of nitrogens with zero attached hydrogens (tertiary/aromatic N) is 1. The maximum atomic E-state index is 12.0. The van der Waals surface area contributed by atoms with Gasteiger partial charge in [-0.1, -0.05) is 54.1 Å². The second-order valence-electron chi connectivity index (χ2n) is 4.50. The fraction of sp³-hybridized carbons (Fsp3) is 0.188. The lowest BCUT2D eigenvalue weighted by Crippen LogP contribution is -2.31. The second-order valence-corrected chi connectivity index (χ2v) is 5.20. The van der Waals surface area contributed by atoms with Gasteiger partial charge in [-0.25, -0.2) is 0 Å². The van der Waals surface area contributed by atoms with E-state index in [0.717, 1.165) is 11.1 Å². The molecule has 2 aromatic rings. The first-order valence-electron chi connectivity index (χ1n) is 6.31. The molecule has 0 N–H and O–H groups in total. The summed E-state index contributed by atoms with van der Waals surface area (Å²) < 4.78 is 0. The number of halogens is 2. The Morgan fingerprint density at radius 2 is 1.60 bits per heavy atom. The molecule has 0 aliphatic rings. The van der Waals surface area contributed by atoms with Crippen LogP contribution in [0.15, 0.2) is 54.6 Å². The Morgan fingerprint density at radius 1 is 0.950 bits per heavy atom. The average molecular weight is 308 g/mol. The molecule has 0 unspecified atom stereocenters. The van der Waals surface area contributed by atoms with E-state index in [1.807, 2.05) is 54.6 Å². The molecule has 2 aromatic carbocycles. The summed E-state index contributed by atoms with van der Waals surface area (Å²) in [6.07, 6.45) is 0. The van der Waals surface area contributed by atoms with Gasteiger partial charge < -0.3 is 4.90 Å². The van der Waals surface area contributed by atoms with Crippen LogP contribution in [0.4, 0.5) is 0 Å². The number of carbonyl (C=O) groups excluding carboxylic acids is 1. The number of hydrogen-bond donors (Lipinski definition) is 0. The maximum Gasteiger partial charge on any atom is 0.238 e. The summed E-state index contributed by atoms with van der Waals surface area (Å²) >= 11 is 11.7. The highest BCUT2D eigenvalue weighted by Gasteiger charge is 2.13. The molecule has 0 radical (unpaired) electrons. The molecule has 2 nitrogen and oxygen atoms in total. The Balaban J connectivity index is 2.14. The fourth-order valence-corrected chi connectivity index (χ4v) is 2.36. The fourth-order valence-electron chi connectivity index (χ4n) is 1.98. The molecular formula is C16H15Cl2NO. The summed E-state index contributed by atoms with van der Waals surface area (Å²) in [6.45, 7) is 1.04. The first-order chi connectivity index (χ1) is 9.69. The number of amides is 1. The van der Waals surface area contributed by atoms with E-state index in [1.165, 1.54) is 0 Å². The first-order valence-corrected chi connectivity index (χ1v) is 7.22. The number of hydrogen-bond acceptors (Lipinski definition) is 1. The summed E-state index contributed by atoms with van der Waals surface area (Å²) in [7, 11) is 0. The van der Waals surface area contributed by atoms with Gasteiger partial charge in [0.25, 0.3) is 0 Å². The second kappa shape index (κ2) is 7.32. The Hall–Kier alpha value is -1.51. The molecule has 0 aliphatic carbocycles. The molecule has 0 atom stereocenters. The van der Waals surface area contributed by atoms with Gasteiger partial charge in [-0.2, -0.15) is 0 Å². The van der Waals surface area contributed by atoms with Gasteiger partial charge in [0.15, 0.2) is 0 Å². The van der Waals surface area contributed by atoms with Gasteiger partial charge >= 0.3 is 0 Å². The third-order valence-electron chi connectivity index (χ3n) is 2.95. The van der Waals surface area contributed by atoms with Crippen LogP contribution < -0.4 is 0 Å². The van der Waals surface area contributed by atoms with Crippen LogP contribution in [0.5, 0.6) is 0 Å². The van der Waals surface area contributed by atoms with Crippen molar-refractivity contribution in [1.82, 2.24) is 4.90 Å². The standard InChI is InChI=1S/C16H15Cl2NO/c17-10-16(20)19(11-13-5-2-1-3-6-13)12-14-7-4-8-15(18)9-14/h1-9H,10-12H2. The normalized spacial score (nSPS) is 10.3. The lowest BCUT2D eigenvalue weighted by Gasteiger charge is -2.22. The highest BCUT2D eigenvalue weighted by molar-refractivity contribution is 6.30. The van der Waals surface area contributed by atoms with Gasteiger partial charge in [0, 0.05) is 18.1 Å². The zero-order chi connectivity index (χ0) is 14.4. The topological polar surface area (TPSA) is 20.3 Å². The van der Waals surface area contributed by atoms with Crippen molar-refractivity contribution in [1.29, 1.82) is 0 Å². The van der Waals surface area contributed by atoms with Crippen LogP contribution in [0.3, 0.4) is 0 Å². The van der Waals surface area contributed by atoms with Gasteiger partial charge in [-0.15, -0.1) is 11.6 Å². The molecule has 0 spiro atoms. The average Bonchev–Trinajstić information content (AvgIpc) is 2.47. The summed E-state index contributed by atoms with van der Waals surface area (Å²) in [5, 5.41) is 0.667. The molecule has 0 bridgehead atoms. The van der Waals surface area contributed by atoms with Crippen molar-refractivity contribution >= 4 is 29.1 Å². The van der Waals surface area contributed by atoms with E-state index in [-0.39, 0.29) is 11.8 Å². The minimum atomic E-state index is -0.0875. The molecule has 0 saturated carbocycles. The minimum Gasteiger partial charge on any atom is -0.333 e. The van der Waals surface area contributed by atoms with Crippen LogP contribution in [-0.2, 0) is 17.9 Å². The predicted octanol–water partition coefficient (Wildman–Crippen LogP) is 4.11. The number of benzene rings is 2. The van der Waals surface area contributed by atoms with E-state index < -0.39 is 0 Å². The van der Waals surface area contributed by atoms with Gasteiger partial charge in [0.2, 0.25) is 5.91 Å². The summed E-state index contributed by atoms with van der Waals surface area (Å²) in [5.41, 5.74) is 2.07. The van der Waals surface area contributed by atoms with Crippen LogP contribution in [0.1, 0.15) is 11.1 Å². The Bertz CT molecular complexity index is 572. The van der Waals surface area contributed by atoms with E-state index in [9.17, 15) is 4.79 Å². The molecule has 0 fully saturated rings. The smallest absolute Gasteiger partial charge is 0.238 e.